The third-order valence-corrected chi connectivity index (χ3v) is 4.13. The van der Waals surface area contributed by atoms with E-state index in [1.165, 1.54) is 6.21 Å². The lowest BCUT2D eigenvalue weighted by molar-refractivity contribution is 0.415. The van der Waals surface area contributed by atoms with E-state index in [0.29, 0.717) is 16.8 Å². The lowest BCUT2D eigenvalue weighted by Gasteiger charge is -1.99. The Labute approximate surface area is 141 Å². The number of hydrogen-bond acceptors (Lipinski definition) is 4. The first-order chi connectivity index (χ1) is 12.1. The Bertz CT molecular complexity index is 1240. The van der Waals surface area contributed by atoms with Crippen molar-refractivity contribution in [1.82, 2.24) is 19.2 Å². The van der Waals surface area contributed by atoms with Gasteiger partial charge < -0.3 is 19.3 Å². The molecule has 126 valence electrons. The van der Waals surface area contributed by atoms with Crippen molar-refractivity contribution in [2.75, 3.05) is 7.11 Å². The average molecular weight is 337 g/mol. The molecule has 4 aromatic rings. The van der Waals surface area contributed by atoms with Gasteiger partial charge in [-0.2, -0.15) is 5.10 Å². The Morgan fingerprint density at radius 1 is 1.16 bits per heavy atom. The summed E-state index contributed by atoms with van der Waals surface area (Å²) in [5.74, 6) is 0.656. The van der Waals surface area contributed by atoms with Crippen LogP contribution in [0.25, 0.3) is 21.9 Å². The Kier molecular flexibility index (Phi) is 3.31. The van der Waals surface area contributed by atoms with E-state index in [2.05, 4.69) is 15.1 Å². The van der Waals surface area contributed by atoms with Crippen LogP contribution < -0.4 is 16.0 Å². The SMILES string of the molecule is COc1ccc2c(c1)[nH]c1c(=O)n(/N=C/c3cccn3C)c(=O)[nH]c12. The topological polar surface area (TPSA) is 97.2 Å². The highest BCUT2D eigenvalue weighted by atomic mass is 16.5. The van der Waals surface area contributed by atoms with Gasteiger partial charge in [-0.05, 0) is 24.3 Å². The molecular weight excluding hydrogens is 322 g/mol. The number of nitrogens with zero attached hydrogens (tertiary/aromatic N) is 3. The van der Waals surface area contributed by atoms with Crippen molar-refractivity contribution in [3.05, 3.63) is 63.1 Å². The molecule has 3 aromatic heterocycles. The van der Waals surface area contributed by atoms with Gasteiger partial charge in [0, 0.05) is 24.7 Å². The van der Waals surface area contributed by atoms with Gasteiger partial charge in [0.25, 0.3) is 0 Å². The normalized spacial score (nSPS) is 11.8. The number of H-pyrrole nitrogens is 2. The molecule has 1 aromatic carbocycles. The minimum atomic E-state index is -0.598. The molecule has 0 unspecified atom stereocenters. The van der Waals surface area contributed by atoms with Crippen LogP contribution in [-0.4, -0.2) is 32.5 Å². The third-order valence-electron chi connectivity index (χ3n) is 4.13. The maximum atomic E-state index is 12.7. The Balaban J connectivity index is 1.93. The molecule has 0 aliphatic heterocycles. The van der Waals surface area contributed by atoms with Crippen molar-refractivity contribution in [1.29, 1.82) is 0 Å². The van der Waals surface area contributed by atoms with Gasteiger partial charge in [0.15, 0.2) is 0 Å². The Morgan fingerprint density at radius 3 is 2.72 bits per heavy atom. The molecular formula is C17H15N5O3. The standard InChI is InChI=1S/C17H15N5O3/c1-21-7-3-4-10(21)9-18-22-16(23)15-14(20-17(22)24)12-6-5-11(25-2)8-13(12)19-15/h3-9,19H,1-2H3,(H,20,24)/b18-9+. The van der Waals surface area contributed by atoms with Crippen LogP contribution >= 0.6 is 0 Å². The van der Waals surface area contributed by atoms with E-state index < -0.39 is 11.2 Å². The number of aromatic nitrogens is 4. The highest BCUT2D eigenvalue weighted by Gasteiger charge is 2.13. The fourth-order valence-electron chi connectivity index (χ4n) is 2.78. The molecule has 0 aliphatic rings. The summed E-state index contributed by atoms with van der Waals surface area (Å²) >= 11 is 0. The molecule has 0 atom stereocenters. The minimum absolute atomic E-state index is 0.284. The summed E-state index contributed by atoms with van der Waals surface area (Å²) in [7, 11) is 3.42. The smallest absolute Gasteiger partial charge is 0.350 e. The fraction of sp³-hybridized carbons (Fsp3) is 0.118. The molecule has 0 saturated heterocycles. The van der Waals surface area contributed by atoms with Crippen LogP contribution in [0.5, 0.6) is 5.75 Å². The van der Waals surface area contributed by atoms with Gasteiger partial charge in [0.2, 0.25) is 0 Å². The molecule has 0 radical (unpaired) electrons. The van der Waals surface area contributed by atoms with Gasteiger partial charge in [0.05, 0.1) is 30.1 Å². The molecule has 3 heterocycles. The summed E-state index contributed by atoms with van der Waals surface area (Å²) in [6.07, 6.45) is 3.32. The number of fused-ring (bicyclic) bond motifs is 3. The lowest BCUT2D eigenvalue weighted by atomic mass is 10.2. The number of ether oxygens (including phenoxy) is 1. The number of rotatable bonds is 3. The molecule has 2 N–H and O–H groups in total. The lowest BCUT2D eigenvalue weighted by Crippen LogP contribution is -2.32. The van der Waals surface area contributed by atoms with Gasteiger partial charge in [0.1, 0.15) is 11.3 Å². The molecule has 0 bridgehead atoms. The molecule has 0 aliphatic carbocycles. The second kappa shape index (κ2) is 5.52. The second-order valence-electron chi connectivity index (χ2n) is 5.62. The average Bonchev–Trinajstić information content (AvgIpc) is 3.18. The first-order valence-electron chi connectivity index (χ1n) is 7.59. The van der Waals surface area contributed by atoms with E-state index in [1.54, 1.807) is 25.3 Å². The largest absolute Gasteiger partial charge is 0.497 e. The Morgan fingerprint density at radius 2 is 2.00 bits per heavy atom. The molecule has 25 heavy (non-hydrogen) atoms. The van der Waals surface area contributed by atoms with Crippen LogP contribution in [-0.2, 0) is 7.05 Å². The zero-order chi connectivity index (χ0) is 17.6. The van der Waals surface area contributed by atoms with Crippen LogP contribution in [0.1, 0.15) is 5.69 Å². The van der Waals surface area contributed by atoms with Crippen molar-refractivity contribution in [2.24, 2.45) is 12.1 Å². The predicted molar refractivity (Wildman–Crippen MR) is 95.6 cm³/mol. The molecule has 0 fully saturated rings. The summed E-state index contributed by atoms with van der Waals surface area (Å²) in [6, 6.07) is 9.01. The van der Waals surface area contributed by atoms with Gasteiger partial charge in [-0.1, -0.05) is 0 Å². The summed E-state index contributed by atoms with van der Waals surface area (Å²) in [5, 5.41) is 4.77. The van der Waals surface area contributed by atoms with E-state index in [4.69, 9.17) is 4.74 Å². The van der Waals surface area contributed by atoms with Crippen molar-refractivity contribution in [3.8, 4) is 5.75 Å². The van der Waals surface area contributed by atoms with Crippen molar-refractivity contribution < 1.29 is 4.74 Å². The molecule has 4 rings (SSSR count). The number of benzene rings is 1. The van der Waals surface area contributed by atoms with E-state index in [0.717, 1.165) is 15.8 Å². The van der Waals surface area contributed by atoms with Gasteiger partial charge in [-0.15, -0.1) is 4.68 Å². The van der Waals surface area contributed by atoms with Crippen LogP contribution in [0.2, 0.25) is 0 Å². The predicted octanol–water partition coefficient (Wildman–Crippen LogP) is 1.40. The highest BCUT2D eigenvalue weighted by Crippen LogP contribution is 2.24. The van der Waals surface area contributed by atoms with E-state index in [9.17, 15) is 9.59 Å². The van der Waals surface area contributed by atoms with Gasteiger partial charge in [-0.3, -0.25) is 4.79 Å². The van der Waals surface area contributed by atoms with E-state index in [-0.39, 0.29) is 5.52 Å². The number of hydrogen-bond donors (Lipinski definition) is 2. The molecule has 8 heteroatoms. The number of aromatic amines is 2. The van der Waals surface area contributed by atoms with Crippen LogP contribution in [0.15, 0.2) is 51.2 Å². The van der Waals surface area contributed by atoms with E-state index in [1.807, 2.05) is 29.9 Å². The van der Waals surface area contributed by atoms with E-state index >= 15 is 0 Å². The molecule has 0 spiro atoms. The minimum Gasteiger partial charge on any atom is -0.497 e. The van der Waals surface area contributed by atoms with Crippen molar-refractivity contribution >= 4 is 28.2 Å². The van der Waals surface area contributed by atoms with Gasteiger partial charge >= 0.3 is 11.2 Å². The summed E-state index contributed by atoms with van der Waals surface area (Å²) in [6.45, 7) is 0. The summed E-state index contributed by atoms with van der Waals surface area (Å²) in [5.41, 5.74) is 1.10. The maximum absolute atomic E-state index is 12.7. The van der Waals surface area contributed by atoms with Crippen LogP contribution in [0, 0.1) is 0 Å². The first-order valence-corrected chi connectivity index (χ1v) is 7.59. The zero-order valence-corrected chi connectivity index (χ0v) is 13.6. The third kappa shape index (κ3) is 2.35. The van der Waals surface area contributed by atoms with Crippen LogP contribution in [0.4, 0.5) is 0 Å². The maximum Gasteiger partial charge on any atom is 0.350 e. The fourth-order valence-corrected chi connectivity index (χ4v) is 2.78. The van der Waals surface area contributed by atoms with Gasteiger partial charge in [-0.25, -0.2) is 4.79 Å². The zero-order valence-electron chi connectivity index (χ0n) is 13.6. The van der Waals surface area contributed by atoms with Crippen LogP contribution in [0.3, 0.4) is 0 Å². The molecule has 0 amide bonds. The monoisotopic (exact) mass is 337 g/mol. The molecule has 8 nitrogen and oxygen atoms in total. The summed E-state index contributed by atoms with van der Waals surface area (Å²) < 4.78 is 7.82. The first kappa shape index (κ1) is 15.0. The second-order valence-corrected chi connectivity index (χ2v) is 5.62. The number of aryl methyl sites for hydroxylation is 1. The summed E-state index contributed by atoms with van der Waals surface area (Å²) in [4.78, 5) is 30.7. The van der Waals surface area contributed by atoms with Crippen molar-refractivity contribution in [2.45, 2.75) is 0 Å². The highest BCUT2D eigenvalue weighted by molar-refractivity contribution is 6.04. The Hall–Kier alpha value is -3.55. The van der Waals surface area contributed by atoms with Crippen molar-refractivity contribution in [3.63, 3.8) is 0 Å². The molecule has 0 saturated carbocycles. The number of nitrogens with one attached hydrogen (secondary N) is 2. The quantitative estimate of drug-likeness (QED) is 0.553. The number of methoxy groups -OCH3 is 1.